The standard InChI is InChI=1S/C22H20F3N3O2/c1-14-7-4-5-8-16(14)13-27(3)21(30)20-19(29)11-15(2)28(26-20)18-10-6-9-17(12-18)22(23,24)25/h4-12H,13H2,1-3H3. The van der Waals surface area contributed by atoms with E-state index in [0.29, 0.717) is 5.69 Å². The van der Waals surface area contributed by atoms with Crippen LogP contribution in [0, 0.1) is 13.8 Å². The van der Waals surface area contributed by atoms with E-state index in [0.717, 1.165) is 23.3 Å². The Labute approximate surface area is 171 Å². The Balaban J connectivity index is 1.98. The summed E-state index contributed by atoms with van der Waals surface area (Å²) in [6.45, 7) is 3.72. The molecule has 0 saturated carbocycles. The van der Waals surface area contributed by atoms with Gasteiger partial charge in [0, 0.05) is 25.4 Å². The molecule has 1 heterocycles. The van der Waals surface area contributed by atoms with Crippen molar-refractivity contribution in [3.63, 3.8) is 0 Å². The van der Waals surface area contributed by atoms with Gasteiger partial charge in [-0.05, 0) is 43.2 Å². The molecule has 1 amide bonds. The number of aromatic nitrogens is 2. The monoisotopic (exact) mass is 415 g/mol. The summed E-state index contributed by atoms with van der Waals surface area (Å²) >= 11 is 0. The third-order valence-corrected chi connectivity index (χ3v) is 4.74. The Bertz CT molecular complexity index is 1150. The number of amides is 1. The maximum absolute atomic E-state index is 13.1. The van der Waals surface area contributed by atoms with Crippen LogP contribution in [-0.2, 0) is 12.7 Å². The van der Waals surface area contributed by atoms with Crippen molar-refractivity contribution >= 4 is 5.91 Å². The van der Waals surface area contributed by atoms with E-state index in [-0.39, 0.29) is 17.9 Å². The molecule has 0 aliphatic carbocycles. The fourth-order valence-electron chi connectivity index (χ4n) is 3.07. The fourth-order valence-corrected chi connectivity index (χ4v) is 3.07. The van der Waals surface area contributed by atoms with E-state index in [4.69, 9.17) is 0 Å². The first-order valence-electron chi connectivity index (χ1n) is 9.16. The van der Waals surface area contributed by atoms with Crippen molar-refractivity contribution in [3.8, 4) is 5.69 Å². The van der Waals surface area contributed by atoms with E-state index in [2.05, 4.69) is 5.10 Å². The lowest BCUT2D eigenvalue weighted by Gasteiger charge is -2.19. The quantitative estimate of drug-likeness (QED) is 0.644. The van der Waals surface area contributed by atoms with Gasteiger partial charge in [-0.25, -0.2) is 4.68 Å². The van der Waals surface area contributed by atoms with Crippen LogP contribution in [0.4, 0.5) is 13.2 Å². The molecule has 0 unspecified atom stereocenters. The summed E-state index contributed by atoms with van der Waals surface area (Å²) < 4.78 is 40.4. The van der Waals surface area contributed by atoms with Crippen molar-refractivity contribution in [1.29, 1.82) is 0 Å². The smallest absolute Gasteiger partial charge is 0.336 e. The van der Waals surface area contributed by atoms with E-state index >= 15 is 0 Å². The number of halogens is 3. The number of nitrogens with zero attached hydrogens (tertiary/aromatic N) is 3. The van der Waals surface area contributed by atoms with E-state index in [1.54, 1.807) is 14.0 Å². The van der Waals surface area contributed by atoms with Crippen LogP contribution in [0.15, 0.2) is 59.4 Å². The van der Waals surface area contributed by atoms with Crippen LogP contribution in [0.3, 0.4) is 0 Å². The number of carbonyl (C=O) groups excluding carboxylic acids is 1. The molecule has 0 atom stereocenters. The molecule has 2 aromatic carbocycles. The van der Waals surface area contributed by atoms with E-state index in [9.17, 15) is 22.8 Å². The molecule has 5 nitrogen and oxygen atoms in total. The number of rotatable bonds is 4. The van der Waals surface area contributed by atoms with Crippen LogP contribution in [0.5, 0.6) is 0 Å². The Morgan fingerprint density at radius 2 is 1.77 bits per heavy atom. The molecule has 0 aliphatic rings. The number of aryl methyl sites for hydroxylation is 2. The van der Waals surface area contributed by atoms with Crippen LogP contribution in [0.1, 0.15) is 32.9 Å². The largest absolute Gasteiger partial charge is 0.416 e. The molecule has 3 aromatic rings. The molecule has 3 rings (SSSR count). The molecule has 156 valence electrons. The lowest BCUT2D eigenvalue weighted by atomic mass is 10.1. The second-order valence-corrected chi connectivity index (χ2v) is 7.05. The van der Waals surface area contributed by atoms with Crippen LogP contribution in [-0.4, -0.2) is 27.6 Å². The lowest BCUT2D eigenvalue weighted by molar-refractivity contribution is -0.137. The Hall–Kier alpha value is -3.42. The highest BCUT2D eigenvalue weighted by atomic mass is 19.4. The highest BCUT2D eigenvalue weighted by Crippen LogP contribution is 2.30. The summed E-state index contributed by atoms with van der Waals surface area (Å²) in [6.07, 6.45) is -4.52. The van der Waals surface area contributed by atoms with Crippen molar-refractivity contribution < 1.29 is 18.0 Å². The lowest BCUT2D eigenvalue weighted by Crippen LogP contribution is -2.33. The van der Waals surface area contributed by atoms with Gasteiger partial charge in [0.15, 0.2) is 5.69 Å². The molecule has 0 aliphatic heterocycles. The van der Waals surface area contributed by atoms with Gasteiger partial charge in [-0.2, -0.15) is 18.3 Å². The van der Waals surface area contributed by atoms with Crippen LogP contribution in [0.2, 0.25) is 0 Å². The van der Waals surface area contributed by atoms with Crippen molar-refractivity contribution in [1.82, 2.24) is 14.7 Å². The SMILES string of the molecule is Cc1ccccc1CN(C)C(=O)c1nn(-c2cccc(C(F)(F)F)c2)c(C)cc1=O. The zero-order valence-corrected chi connectivity index (χ0v) is 16.7. The second-order valence-electron chi connectivity index (χ2n) is 7.05. The number of hydrogen-bond donors (Lipinski definition) is 0. The molecular weight excluding hydrogens is 395 g/mol. The summed E-state index contributed by atoms with van der Waals surface area (Å²) in [5.41, 5.74) is 0.556. The molecule has 0 spiro atoms. The maximum Gasteiger partial charge on any atom is 0.416 e. The Morgan fingerprint density at radius 1 is 1.07 bits per heavy atom. The molecule has 1 aromatic heterocycles. The summed E-state index contributed by atoms with van der Waals surface area (Å²) in [5.74, 6) is -0.607. The Morgan fingerprint density at radius 3 is 2.43 bits per heavy atom. The van der Waals surface area contributed by atoms with Crippen molar-refractivity contribution in [2.75, 3.05) is 7.05 Å². The first-order chi connectivity index (χ1) is 14.1. The zero-order chi connectivity index (χ0) is 22.1. The van der Waals surface area contributed by atoms with Gasteiger partial charge >= 0.3 is 6.18 Å². The third kappa shape index (κ3) is 4.42. The molecule has 0 fully saturated rings. The van der Waals surface area contributed by atoms with Gasteiger partial charge in [-0.3, -0.25) is 9.59 Å². The van der Waals surface area contributed by atoms with E-state index in [1.165, 1.54) is 27.8 Å². The van der Waals surface area contributed by atoms with Gasteiger partial charge < -0.3 is 4.90 Å². The second kappa shape index (κ2) is 8.14. The van der Waals surface area contributed by atoms with Crippen LogP contribution < -0.4 is 5.43 Å². The van der Waals surface area contributed by atoms with Crippen molar-refractivity contribution in [2.45, 2.75) is 26.6 Å². The Kier molecular flexibility index (Phi) is 5.78. The van der Waals surface area contributed by atoms with Crippen LogP contribution >= 0.6 is 0 Å². The molecular formula is C22H20F3N3O2. The summed E-state index contributed by atoms with van der Waals surface area (Å²) in [6, 6.07) is 13.3. The van der Waals surface area contributed by atoms with Crippen LogP contribution in [0.25, 0.3) is 5.69 Å². The molecule has 8 heteroatoms. The third-order valence-electron chi connectivity index (χ3n) is 4.74. The van der Waals surface area contributed by atoms with Crippen molar-refractivity contribution in [2.24, 2.45) is 0 Å². The number of alkyl halides is 3. The van der Waals surface area contributed by atoms with Gasteiger partial charge in [-0.15, -0.1) is 0 Å². The fraction of sp³-hybridized carbons (Fsp3) is 0.227. The minimum atomic E-state index is -4.52. The average Bonchev–Trinajstić information content (AvgIpc) is 2.69. The topological polar surface area (TPSA) is 55.2 Å². The molecule has 0 N–H and O–H groups in total. The number of hydrogen-bond acceptors (Lipinski definition) is 3. The van der Waals surface area contributed by atoms with Crippen molar-refractivity contribution in [3.05, 3.63) is 92.9 Å². The minimum absolute atomic E-state index is 0.109. The summed E-state index contributed by atoms with van der Waals surface area (Å²) in [4.78, 5) is 26.6. The van der Waals surface area contributed by atoms with Gasteiger partial charge in [0.25, 0.3) is 5.91 Å². The predicted octanol–water partition coefficient (Wildman–Crippen LogP) is 4.14. The number of carbonyl (C=O) groups is 1. The van der Waals surface area contributed by atoms with Gasteiger partial charge in [0.05, 0.1) is 11.3 Å². The predicted molar refractivity (Wildman–Crippen MR) is 107 cm³/mol. The maximum atomic E-state index is 13.1. The normalized spacial score (nSPS) is 11.4. The summed E-state index contributed by atoms with van der Waals surface area (Å²) in [5, 5.41) is 4.10. The molecule has 0 radical (unpaired) electrons. The highest BCUT2D eigenvalue weighted by Gasteiger charge is 2.30. The first-order valence-corrected chi connectivity index (χ1v) is 9.16. The number of benzene rings is 2. The molecule has 30 heavy (non-hydrogen) atoms. The molecule has 0 bridgehead atoms. The average molecular weight is 415 g/mol. The highest BCUT2D eigenvalue weighted by molar-refractivity contribution is 5.91. The molecule has 0 saturated heterocycles. The van der Waals surface area contributed by atoms with E-state index in [1.807, 2.05) is 31.2 Å². The van der Waals surface area contributed by atoms with E-state index < -0.39 is 23.1 Å². The first kappa shape index (κ1) is 21.3. The summed E-state index contributed by atoms with van der Waals surface area (Å²) in [7, 11) is 1.55. The van der Waals surface area contributed by atoms with Gasteiger partial charge in [0.1, 0.15) is 0 Å². The van der Waals surface area contributed by atoms with Gasteiger partial charge in [-0.1, -0.05) is 30.3 Å². The van der Waals surface area contributed by atoms with Gasteiger partial charge in [0.2, 0.25) is 5.43 Å². The zero-order valence-electron chi connectivity index (χ0n) is 16.7. The minimum Gasteiger partial charge on any atom is -0.336 e.